The zero-order valence-corrected chi connectivity index (χ0v) is 13.4. The van der Waals surface area contributed by atoms with Crippen molar-refractivity contribution in [2.24, 2.45) is 5.73 Å². The molecule has 0 heterocycles. The molecular formula is C18H22N2S. The Labute approximate surface area is 132 Å². The topological polar surface area (TPSA) is 29.3 Å². The summed E-state index contributed by atoms with van der Waals surface area (Å²) in [5.41, 5.74) is 9.70. The lowest BCUT2D eigenvalue weighted by molar-refractivity contribution is 0.249. The fraction of sp³-hybridized carbons (Fsp3) is 0.278. The lowest BCUT2D eigenvalue weighted by Gasteiger charge is -2.30. The van der Waals surface area contributed by atoms with Crippen molar-refractivity contribution >= 4 is 17.2 Å². The van der Waals surface area contributed by atoms with E-state index < -0.39 is 0 Å². The number of benzene rings is 2. The summed E-state index contributed by atoms with van der Waals surface area (Å²) in [6, 6.07) is 18.8. The van der Waals surface area contributed by atoms with Gasteiger partial charge in [0.15, 0.2) is 0 Å². The van der Waals surface area contributed by atoms with Gasteiger partial charge in [-0.3, -0.25) is 4.90 Å². The number of hydrogen-bond acceptors (Lipinski definition) is 2. The molecule has 2 aromatic carbocycles. The van der Waals surface area contributed by atoms with E-state index in [-0.39, 0.29) is 6.04 Å². The third-order valence-electron chi connectivity index (χ3n) is 3.63. The molecule has 1 atom stereocenters. The van der Waals surface area contributed by atoms with Crippen LogP contribution in [0.3, 0.4) is 0 Å². The molecule has 21 heavy (non-hydrogen) atoms. The maximum Gasteiger partial charge on any atom is 0.0948 e. The molecule has 0 amide bonds. The van der Waals surface area contributed by atoms with Gasteiger partial charge in [0.2, 0.25) is 0 Å². The molecule has 0 fully saturated rings. The van der Waals surface area contributed by atoms with Gasteiger partial charge in [0.25, 0.3) is 0 Å². The SMILES string of the molecule is CCN(Cc1ccccc1)C(C(N)=S)c1cccc(C)c1. The van der Waals surface area contributed by atoms with Gasteiger partial charge in [0.05, 0.1) is 11.0 Å². The molecule has 0 aliphatic heterocycles. The second kappa shape index (κ2) is 7.34. The number of rotatable bonds is 6. The highest BCUT2D eigenvalue weighted by Gasteiger charge is 2.22. The van der Waals surface area contributed by atoms with Crippen molar-refractivity contribution < 1.29 is 0 Å². The largest absolute Gasteiger partial charge is 0.392 e. The van der Waals surface area contributed by atoms with Gasteiger partial charge in [-0.1, -0.05) is 79.3 Å². The Bertz CT molecular complexity index is 595. The monoisotopic (exact) mass is 298 g/mol. The lowest BCUT2D eigenvalue weighted by atomic mass is 10.0. The molecule has 0 saturated carbocycles. The first-order chi connectivity index (χ1) is 10.1. The average Bonchev–Trinajstić information content (AvgIpc) is 2.47. The molecule has 0 aliphatic rings. The Morgan fingerprint density at radius 1 is 1.14 bits per heavy atom. The Kier molecular flexibility index (Phi) is 5.48. The summed E-state index contributed by atoms with van der Waals surface area (Å²) in [7, 11) is 0. The number of likely N-dealkylation sites (N-methyl/N-ethyl adjacent to an activating group) is 1. The van der Waals surface area contributed by atoms with Crippen molar-refractivity contribution in [1.29, 1.82) is 0 Å². The number of nitrogens with two attached hydrogens (primary N) is 1. The van der Waals surface area contributed by atoms with Gasteiger partial charge < -0.3 is 5.73 Å². The van der Waals surface area contributed by atoms with Crippen LogP contribution in [0.2, 0.25) is 0 Å². The van der Waals surface area contributed by atoms with Crippen molar-refractivity contribution in [2.45, 2.75) is 26.4 Å². The van der Waals surface area contributed by atoms with Gasteiger partial charge in [0, 0.05) is 6.54 Å². The van der Waals surface area contributed by atoms with Crippen molar-refractivity contribution in [3.63, 3.8) is 0 Å². The third kappa shape index (κ3) is 4.13. The summed E-state index contributed by atoms with van der Waals surface area (Å²) >= 11 is 5.34. The van der Waals surface area contributed by atoms with E-state index >= 15 is 0 Å². The summed E-state index contributed by atoms with van der Waals surface area (Å²) in [6.07, 6.45) is 0. The van der Waals surface area contributed by atoms with Gasteiger partial charge >= 0.3 is 0 Å². The third-order valence-corrected chi connectivity index (χ3v) is 3.85. The normalized spacial score (nSPS) is 12.3. The van der Waals surface area contributed by atoms with Gasteiger partial charge in [-0.15, -0.1) is 0 Å². The number of aryl methyl sites for hydroxylation is 1. The van der Waals surface area contributed by atoms with Crippen LogP contribution in [0.15, 0.2) is 54.6 Å². The molecule has 2 rings (SSSR count). The van der Waals surface area contributed by atoms with Crippen LogP contribution in [0, 0.1) is 6.92 Å². The zero-order valence-electron chi connectivity index (χ0n) is 12.6. The maximum absolute atomic E-state index is 6.04. The van der Waals surface area contributed by atoms with E-state index in [0.29, 0.717) is 4.99 Å². The predicted molar refractivity (Wildman–Crippen MR) is 93.2 cm³/mol. The van der Waals surface area contributed by atoms with Crippen LogP contribution in [-0.2, 0) is 6.54 Å². The van der Waals surface area contributed by atoms with E-state index in [9.17, 15) is 0 Å². The first-order valence-corrected chi connectivity index (χ1v) is 7.66. The van der Waals surface area contributed by atoms with E-state index in [1.807, 2.05) is 6.07 Å². The summed E-state index contributed by atoms with van der Waals surface area (Å²) in [6.45, 7) is 5.97. The highest BCUT2D eigenvalue weighted by molar-refractivity contribution is 7.80. The molecule has 1 unspecified atom stereocenters. The smallest absolute Gasteiger partial charge is 0.0948 e. The Balaban J connectivity index is 2.29. The molecular weight excluding hydrogens is 276 g/mol. The Morgan fingerprint density at radius 2 is 1.86 bits per heavy atom. The van der Waals surface area contributed by atoms with Gasteiger partial charge in [-0.05, 0) is 24.6 Å². The first-order valence-electron chi connectivity index (χ1n) is 7.25. The van der Waals surface area contributed by atoms with E-state index in [2.05, 4.69) is 67.3 Å². The fourth-order valence-electron chi connectivity index (χ4n) is 2.60. The zero-order chi connectivity index (χ0) is 15.2. The number of thiocarbonyl (C=S) groups is 1. The molecule has 0 radical (unpaired) electrons. The number of nitrogens with zero attached hydrogens (tertiary/aromatic N) is 1. The van der Waals surface area contributed by atoms with E-state index in [1.54, 1.807) is 0 Å². The molecule has 2 aromatic rings. The van der Waals surface area contributed by atoms with E-state index in [1.165, 1.54) is 16.7 Å². The quantitative estimate of drug-likeness (QED) is 0.822. The van der Waals surface area contributed by atoms with Crippen LogP contribution in [0.5, 0.6) is 0 Å². The van der Waals surface area contributed by atoms with Gasteiger partial charge in [0.1, 0.15) is 0 Å². The van der Waals surface area contributed by atoms with Gasteiger partial charge in [-0.2, -0.15) is 0 Å². The van der Waals surface area contributed by atoms with Crippen molar-refractivity contribution in [1.82, 2.24) is 4.90 Å². The second-order valence-electron chi connectivity index (χ2n) is 5.27. The molecule has 0 bridgehead atoms. The van der Waals surface area contributed by atoms with Gasteiger partial charge in [-0.25, -0.2) is 0 Å². The van der Waals surface area contributed by atoms with Crippen LogP contribution < -0.4 is 5.73 Å². The number of hydrogen-bond donors (Lipinski definition) is 1. The summed E-state index contributed by atoms with van der Waals surface area (Å²) < 4.78 is 0. The summed E-state index contributed by atoms with van der Waals surface area (Å²) in [5, 5.41) is 0. The van der Waals surface area contributed by atoms with Crippen LogP contribution >= 0.6 is 12.2 Å². The fourth-order valence-corrected chi connectivity index (χ4v) is 2.88. The highest BCUT2D eigenvalue weighted by atomic mass is 32.1. The van der Waals surface area contributed by atoms with Crippen molar-refractivity contribution in [3.8, 4) is 0 Å². The minimum Gasteiger partial charge on any atom is -0.392 e. The second-order valence-corrected chi connectivity index (χ2v) is 5.74. The molecule has 3 heteroatoms. The Hall–Kier alpha value is -1.71. The van der Waals surface area contributed by atoms with Crippen molar-refractivity contribution in [2.75, 3.05) is 6.54 Å². The predicted octanol–water partition coefficient (Wildman–Crippen LogP) is 3.84. The van der Waals surface area contributed by atoms with Crippen molar-refractivity contribution in [3.05, 3.63) is 71.3 Å². The molecule has 2 N–H and O–H groups in total. The summed E-state index contributed by atoms with van der Waals surface area (Å²) in [4.78, 5) is 2.84. The molecule has 0 spiro atoms. The minimum absolute atomic E-state index is 0.0230. The first kappa shape index (κ1) is 15.7. The molecule has 0 aliphatic carbocycles. The lowest BCUT2D eigenvalue weighted by Crippen LogP contribution is -2.36. The van der Waals surface area contributed by atoms with Crippen LogP contribution in [0.1, 0.15) is 29.7 Å². The Morgan fingerprint density at radius 3 is 2.43 bits per heavy atom. The van der Waals surface area contributed by atoms with Crippen LogP contribution in [0.4, 0.5) is 0 Å². The standard InChI is InChI=1S/C18H22N2S/c1-3-20(13-15-9-5-4-6-10-15)17(18(19)21)16-11-7-8-14(2)12-16/h4-12,17H,3,13H2,1-2H3,(H2,19,21). The highest BCUT2D eigenvalue weighted by Crippen LogP contribution is 2.24. The molecule has 2 nitrogen and oxygen atoms in total. The summed E-state index contributed by atoms with van der Waals surface area (Å²) in [5.74, 6) is 0. The van der Waals surface area contributed by atoms with Crippen LogP contribution in [-0.4, -0.2) is 16.4 Å². The average molecular weight is 298 g/mol. The maximum atomic E-state index is 6.04. The van der Waals surface area contributed by atoms with E-state index in [0.717, 1.165) is 13.1 Å². The molecule has 110 valence electrons. The molecule has 0 saturated heterocycles. The van der Waals surface area contributed by atoms with Crippen LogP contribution in [0.25, 0.3) is 0 Å². The minimum atomic E-state index is -0.0230. The van der Waals surface area contributed by atoms with E-state index in [4.69, 9.17) is 18.0 Å². The molecule has 0 aromatic heterocycles.